The molecule has 144 valence electrons. The lowest BCUT2D eigenvalue weighted by atomic mass is 9.96. The highest BCUT2D eigenvalue weighted by molar-refractivity contribution is 6.02. The molecule has 5 nitrogen and oxygen atoms in total. The van der Waals surface area contributed by atoms with Crippen molar-refractivity contribution in [2.75, 3.05) is 19.3 Å². The van der Waals surface area contributed by atoms with E-state index in [1.54, 1.807) is 7.05 Å². The highest BCUT2D eigenvalue weighted by Crippen LogP contribution is 2.33. The molecule has 0 heterocycles. The number of nitrogens with one attached hydrogen (secondary N) is 2. The zero-order chi connectivity index (χ0) is 20.1. The van der Waals surface area contributed by atoms with E-state index in [4.69, 9.17) is 11.5 Å². The molecule has 1 amide bonds. The van der Waals surface area contributed by atoms with Gasteiger partial charge in [-0.1, -0.05) is 61.5 Å². The van der Waals surface area contributed by atoms with Gasteiger partial charge in [0.25, 0.3) is 5.91 Å². The molecule has 0 saturated heterocycles. The Hall–Kier alpha value is -3.47. The van der Waals surface area contributed by atoms with Gasteiger partial charge in [-0.05, 0) is 28.8 Å². The number of carbonyl (C=O) groups excluding carboxylic acids is 1. The molecule has 0 bridgehead atoms. The van der Waals surface area contributed by atoms with E-state index in [0.29, 0.717) is 23.5 Å². The third-order valence-corrected chi connectivity index (χ3v) is 4.74. The Labute approximate surface area is 165 Å². The number of para-hydroxylation sites is 1. The number of nitrogens with two attached hydrogens (primary N) is 2. The Kier molecular flexibility index (Phi) is 5.84. The zero-order valence-corrected chi connectivity index (χ0v) is 16.3. The summed E-state index contributed by atoms with van der Waals surface area (Å²) in [6.07, 6.45) is 0.841. The Balaban J connectivity index is 2.07. The molecule has 0 spiro atoms. The lowest BCUT2D eigenvalue weighted by Crippen LogP contribution is -2.32. The molecule has 0 saturated carbocycles. The second-order valence-electron chi connectivity index (χ2n) is 6.62. The first-order valence-corrected chi connectivity index (χ1v) is 9.40. The Morgan fingerprint density at radius 3 is 2.46 bits per heavy atom. The maximum Gasteiger partial charge on any atom is 0.269 e. The largest absolute Gasteiger partial charge is 0.398 e. The van der Waals surface area contributed by atoms with Gasteiger partial charge < -0.3 is 22.1 Å². The van der Waals surface area contributed by atoms with Crippen molar-refractivity contribution < 1.29 is 4.79 Å². The van der Waals surface area contributed by atoms with Crippen LogP contribution in [0.5, 0.6) is 0 Å². The number of benzene rings is 3. The number of anilines is 1. The van der Waals surface area contributed by atoms with E-state index in [1.807, 2.05) is 37.3 Å². The number of fused-ring (bicyclic) bond motifs is 1. The van der Waals surface area contributed by atoms with Gasteiger partial charge in [0.1, 0.15) is 5.70 Å². The van der Waals surface area contributed by atoms with Gasteiger partial charge in [0.2, 0.25) is 0 Å². The fourth-order valence-corrected chi connectivity index (χ4v) is 3.25. The maximum absolute atomic E-state index is 12.3. The number of hydrogen-bond acceptors (Lipinski definition) is 4. The second-order valence-corrected chi connectivity index (χ2v) is 6.62. The van der Waals surface area contributed by atoms with Crippen LogP contribution in [0.1, 0.15) is 18.9 Å². The quantitative estimate of drug-likeness (QED) is 0.393. The SMILES string of the molecule is CCCNC(=O)/C(N)=C(\NC)c1cccc(-c2ccc3ccccc3c2)c1N. The van der Waals surface area contributed by atoms with Gasteiger partial charge in [-0.15, -0.1) is 0 Å². The van der Waals surface area contributed by atoms with Crippen molar-refractivity contribution in [3.8, 4) is 11.1 Å². The first kappa shape index (κ1) is 19.3. The van der Waals surface area contributed by atoms with Crippen molar-refractivity contribution in [2.24, 2.45) is 5.73 Å². The van der Waals surface area contributed by atoms with E-state index < -0.39 is 0 Å². The molecule has 3 aromatic carbocycles. The van der Waals surface area contributed by atoms with Gasteiger partial charge in [-0.3, -0.25) is 4.79 Å². The van der Waals surface area contributed by atoms with Crippen LogP contribution in [0.2, 0.25) is 0 Å². The van der Waals surface area contributed by atoms with Crippen LogP contribution < -0.4 is 22.1 Å². The molecule has 0 radical (unpaired) electrons. The minimum Gasteiger partial charge on any atom is -0.398 e. The normalized spacial score (nSPS) is 11.8. The molecule has 6 N–H and O–H groups in total. The smallest absolute Gasteiger partial charge is 0.269 e. The molecule has 0 aromatic heterocycles. The Bertz CT molecular complexity index is 1040. The maximum atomic E-state index is 12.3. The lowest BCUT2D eigenvalue weighted by Gasteiger charge is -2.17. The van der Waals surface area contributed by atoms with Crippen LogP contribution in [0.25, 0.3) is 27.6 Å². The van der Waals surface area contributed by atoms with E-state index in [9.17, 15) is 4.79 Å². The standard InChI is InChI=1S/C23H26N4O/c1-3-13-27-23(28)21(25)22(26-2)19-10-6-9-18(20(19)24)17-12-11-15-7-4-5-8-16(15)14-17/h4-12,14,26H,3,13,24-25H2,1-2H3,(H,27,28)/b22-21+. The summed E-state index contributed by atoms with van der Waals surface area (Å²) < 4.78 is 0. The molecule has 5 heteroatoms. The molecule has 0 atom stereocenters. The van der Waals surface area contributed by atoms with Crippen LogP contribution in [0, 0.1) is 0 Å². The van der Waals surface area contributed by atoms with Gasteiger partial charge in [-0.2, -0.15) is 0 Å². The van der Waals surface area contributed by atoms with E-state index in [2.05, 4.69) is 41.0 Å². The van der Waals surface area contributed by atoms with E-state index in [1.165, 1.54) is 5.39 Å². The van der Waals surface area contributed by atoms with Crippen molar-refractivity contribution in [3.05, 3.63) is 71.9 Å². The summed E-state index contributed by atoms with van der Waals surface area (Å²) in [4.78, 5) is 12.3. The predicted octanol–water partition coefficient (Wildman–Crippen LogP) is 3.46. The van der Waals surface area contributed by atoms with E-state index >= 15 is 0 Å². The molecule has 0 unspecified atom stereocenters. The third-order valence-electron chi connectivity index (χ3n) is 4.74. The van der Waals surface area contributed by atoms with Crippen molar-refractivity contribution in [1.29, 1.82) is 0 Å². The summed E-state index contributed by atoms with van der Waals surface area (Å²) in [6, 6.07) is 20.2. The summed E-state index contributed by atoms with van der Waals surface area (Å²) in [7, 11) is 1.73. The fraction of sp³-hybridized carbons (Fsp3) is 0.174. The summed E-state index contributed by atoms with van der Waals surface area (Å²) in [6.45, 7) is 2.56. The number of rotatable bonds is 6. The Morgan fingerprint density at radius 1 is 1.00 bits per heavy atom. The summed E-state index contributed by atoms with van der Waals surface area (Å²) >= 11 is 0. The summed E-state index contributed by atoms with van der Waals surface area (Å²) in [5.41, 5.74) is 16.5. The molecule has 3 aromatic rings. The zero-order valence-electron chi connectivity index (χ0n) is 16.3. The molecule has 0 aliphatic carbocycles. The van der Waals surface area contributed by atoms with Crippen molar-refractivity contribution >= 4 is 28.1 Å². The molecule has 28 heavy (non-hydrogen) atoms. The van der Waals surface area contributed by atoms with Crippen molar-refractivity contribution in [3.63, 3.8) is 0 Å². The van der Waals surface area contributed by atoms with E-state index in [0.717, 1.165) is 22.9 Å². The summed E-state index contributed by atoms with van der Waals surface area (Å²) in [5, 5.41) is 8.16. The van der Waals surface area contributed by atoms with Crippen LogP contribution >= 0.6 is 0 Å². The average Bonchev–Trinajstić information content (AvgIpc) is 2.73. The topological polar surface area (TPSA) is 93.2 Å². The third kappa shape index (κ3) is 3.78. The van der Waals surface area contributed by atoms with Gasteiger partial charge >= 0.3 is 0 Å². The van der Waals surface area contributed by atoms with Crippen molar-refractivity contribution in [2.45, 2.75) is 13.3 Å². The van der Waals surface area contributed by atoms with Crippen LogP contribution in [0.15, 0.2) is 66.4 Å². The molecule has 0 aliphatic rings. The lowest BCUT2D eigenvalue weighted by molar-refractivity contribution is -0.117. The van der Waals surface area contributed by atoms with Crippen LogP contribution in [0.3, 0.4) is 0 Å². The highest BCUT2D eigenvalue weighted by atomic mass is 16.2. The first-order chi connectivity index (χ1) is 13.6. The van der Waals surface area contributed by atoms with Gasteiger partial charge in [0.05, 0.1) is 5.70 Å². The monoisotopic (exact) mass is 374 g/mol. The summed E-state index contributed by atoms with van der Waals surface area (Å²) in [5.74, 6) is -0.304. The number of amides is 1. The minimum absolute atomic E-state index is 0.123. The fourth-order valence-electron chi connectivity index (χ4n) is 3.25. The molecule has 0 aliphatic heterocycles. The molecular weight excluding hydrogens is 348 g/mol. The van der Waals surface area contributed by atoms with Crippen molar-refractivity contribution in [1.82, 2.24) is 10.6 Å². The highest BCUT2D eigenvalue weighted by Gasteiger charge is 2.16. The predicted molar refractivity (Wildman–Crippen MR) is 117 cm³/mol. The Morgan fingerprint density at radius 2 is 1.75 bits per heavy atom. The van der Waals surface area contributed by atoms with Gasteiger partial charge in [0, 0.05) is 30.4 Å². The van der Waals surface area contributed by atoms with Crippen LogP contribution in [-0.2, 0) is 4.79 Å². The number of carbonyl (C=O) groups is 1. The second kappa shape index (κ2) is 8.48. The number of hydrogen-bond donors (Lipinski definition) is 4. The van der Waals surface area contributed by atoms with Crippen LogP contribution in [-0.4, -0.2) is 19.5 Å². The molecular formula is C23H26N4O. The first-order valence-electron chi connectivity index (χ1n) is 9.40. The van der Waals surface area contributed by atoms with Gasteiger partial charge in [0.15, 0.2) is 0 Å². The molecule has 0 fully saturated rings. The van der Waals surface area contributed by atoms with Crippen LogP contribution in [0.4, 0.5) is 5.69 Å². The molecule has 3 rings (SSSR count). The van der Waals surface area contributed by atoms with E-state index in [-0.39, 0.29) is 11.6 Å². The average molecular weight is 374 g/mol. The number of nitrogen functional groups attached to an aromatic ring is 1. The minimum atomic E-state index is -0.304. The van der Waals surface area contributed by atoms with Gasteiger partial charge in [-0.25, -0.2) is 0 Å².